The molecule has 0 amide bonds. The van der Waals surface area contributed by atoms with Crippen molar-refractivity contribution in [3.63, 3.8) is 0 Å². The zero-order valence-corrected chi connectivity index (χ0v) is 19.7. The Morgan fingerprint density at radius 2 is 1.61 bits per heavy atom. The van der Waals surface area contributed by atoms with Gasteiger partial charge in [-0.05, 0) is 51.1 Å². The monoisotopic (exact) mass is 423 g/mol. The molecule has 31 heavy (non-hydrogen) atoms. The van der Waals surface area contributed by atoms with Gasteiger partial charge in [-0.2, -0.15) is 0 Å². The molecule has 0 radical (unpaired) electrons. The number of hydrogen-bond acceptors (Lipinski definition) is 4. The predicted molar refractivity (Wildman–Crippen MR) is 130 cm³/mol. The largest absolute Gasteiger partial charge is 0.437 e. The zero-order valence-electron chi connectivity index (χ0n) is 19.7. The topological polar surface area (TPSA) is 47.4 Å². The summed E-state index contributed by atoms with van der Waals surface area (Å²) < 4.78 is 19.5. The van der Waals surface area contributed by atoms with Crippen molar-refractivity contribution in [3.05, 3.63) is 77.9 Å². The molecule has 0 N–H and O–H groups in total. The Hall–Kier alpha value is -3.08. The van der Waals surface area contributed by atoms with Crippen molar-refractivity contribution < 1.29 is 9.13 Å². The number of ether oxygens (including phenoxy) is 1. The highest BCUT2D eigenvalue weighted by Crippen LogP contribution is 2.21. The van der Waals surface area contributed by atoms with Gasteiger partial charge in [-0.15, -0.1) is 0 Å². The van der Waals surface area contributed by atoms with Gasteiger partial charge in [0.15, 0.2) is 0 Å². The quantitative estimate of drug-likeness (QED) is 0.250. The van der Waals surface area contributed by atoms with E-state index in [1.54, 1.807) is 12.1 Å². The zero-order chi connectivity index (χ0) is 23.4. The Balaban J connectivity index is 0.000000884. The molecule has 0 atom stereocenters. The maximum absolute atomic E-state index is 13.6. The maximum Gasteiger partial charge on any atom is 0.222 e. The minimum absolute atomic E-state index is 0.0233. The van der Waals surface area contributed by atoms with E-state index in [0.717, 1.165) is 11.0 Å². The lowest BCUT2D eigenvalue weighted by molar-refractivity contribution is 0.499. The molecule has 2 aromatic carbocycles. The minimum atomic E-state index is -0.352. The van der Waals surface area contributed by atoms with E-state index in [2.05, 4.69) is 35.4 Å². The predicted octanol–water partition coefficient (Wildman–Crippen LogP) is 7.36. The molecule has 0 aliphatic rings. The van der Waals surface area contributed by atoms with Crippen LogP contribution in [0.3, 0.4) is 0 Å². The van der Waals surface area contributed by atoms with E-state index in [1.807, 2.05) is 58.9 Å². The molecule has 0 saturated carbocycles. The van der Waals surface area contributed by atoms with E-state index in [1.165, 1.54) is 18.6 Å². The third-order valence-electron chi connectivity index (χ3n) is 3.68. The van der Waals surface area contributed by atoms with E-state index in [9.17, 15) is 4.39 Å². The lowest BCUT2D eigenvalue weighted by atomic mass is 10.2. The Labute approximate surface area is 185 Å². The van der Waals surface area contributed by atoms with Crippen LogP contribution in [0.5, 0.6) is 0 Å². The number of para-hydroxylation sites is 2. The van der Waals surface area contributed by atoms with Crippen molar-refractivity contribution in [2.24, 2.45) is 4.99 Å². The molecule has 4 nitrogen and oxygen atoms in total. The smallest absolute Gasteiger partial charge is 0.222 e. The molecule has 0 bridgehead atoms. The number of nitrogens with zero attached hydrogens (tertiary/aromatic N) is 3. The second-order valence-electron chi connectivity index (χ2n) is 6.92. The molecular formula is C26H34FN3O. The highest BCUT2D eigenvalue weighted by Gasteiger charge is 2.15. The van der Waals surface area contributed by atoms with Crippen LogP contribution in [-0.2, 0) is 4.74 Å². The van der Waals surface area contributed by atoms with Gasteiger partial charge in [-0.3, -0.25) is 0 Å². The van der Waals surface area contributed by atoms with Crippen LogP contribution in [0.2, 0.25) is 0 Å². The van der Waals surface area contributed by atoms with E-state index in [0.29, 0.717) is 28.6 Å². The van der Waals surface area contributed by atoms with Gasteiger partial charge in [-0.25, -0.2) is 19.4 Å². The second kappa shape index (κ2) is 13.3. The summed E-state index contributed by atoms with van der Waals surface area (Å²) in [6.45, 7) is 17.9. The lowest BCUT2D eigenvalue weighted by Crippen LogP contribution is -2.11. The molecular weight excluding hydrogens is 389 g/mol. The summed E-state index contributed by atoms with van der Waals surface area (Å²) in [7, 11) is 0. The van der Waals surface area contributed by atoms with Gasteiger partial charge < -0.3 is 4.74 Å². The Bertz CT molecular complexity index is 1010. The summed E-state index contributed by atoms with van der Waals surface area (Å²) in [6, 6.07) is 13.7. The third kappa shape index (κ3) is 7.93. The molecule has 1 heterocycles. The van der Waals surface area contributed by atoms with E-state index in [4.69, 9.17) is 4.74 Å². The molecule has 0 saturated heterocycles. The summed E-state index contributed by atoms with van der Waals surface area (Å²) in [4.78, 5) is 13.6. The van der Waals surface area contributed by atoms with Crippen molar-refractivity contribution in [2.45, 2.75) is 60.9 Å². The molecule has 166 valence electrons. The second-order valence-corrected chi connectivity index (χ2v) is 6.92. The molecule has 3 aromatic rings. The van der Waals surface area contributed by atoms with E-state index < -0.39 is 0 Å². The van der Waals surface area contributed by atoms with Crippen molar-refractivity contribution in [1.82, 2.24) is 9.97 Å². The van der Waals surface area contributed by atoms with E-state index in [-0.39, 0.29) is 11.9 Å². The van der Waals surface area contributed by atoms with Crippen LogP contribution in [0.4, 0.5) is 4.39 Å². The van der Waals surface area contributed by atoms with Crippen LogP contribution in [-0.4, -0.2) is 21.9 Å². The number of fused-ring (bicyclic) bond motifs is 1. The van der Waals surface area contributed by atoms with Crippen molar-refractivity contribution in [1.29, 1.82) is 0 Å². The first-order chi connectivity index (χ1) is 14.8. The van der Waals surface area contributed by atoms with Crippen LogP contribution in [0, 0.1) is 12.7 Å². The molecule has 0 spiro atoms. The average molecular weight is 424 g/mol. The van der Waals surface area contributed by atoms with Crippen LogP contribution in [0.25, 0.3) is 16.8 Å². The minimum Gasteiger partial charge on any atom is -0.437 e. The van der Waals surface area contributed by atoms with Crippen LogP contribution in [0.15, 0.2) is 60.1 Å². The standard InChI is InChI=1S/C21H20FN3O.C3H8.C2H6/c1-13(2)23-21(16-8-7-9-17(22)12-16)26-15(4)20-14(3)24-18-10-5-6-11-19(18)25-20;1-3-2;1-2/h5-13H,4H2,1-3H3;3H2,1-2H3;1-2H3. The van der Waals surface area contributed by atoms with Gasteiger partial charge in [0.25, 0.3) is 0 Å². The number of aryl methyl sites for hydroxylation is 1. The highest BCUT2D eigenvalue weighted by atomic mass is 19.1. The molecule has 1 aromatic heterocycles. The fourth-order valence-corrected chi connectivity index (χ4v) is 2.53. The van der Waals surface area contributed by atoms with Crippen molar-refractivity contribution in [3.8, 4) is 0 Å². The maximum atomic E-state index is 13.6. The number of aromatic nitrogens is 2. The molecule has 0 fully saturated rings. The lowest BCUT2D eigenvalue weighted by Gasteiger charge is -2.14. The fourth-order valence-electron chi connectivity index (χ4n) is 2.53. The Kier molecular flexibility index (Phi) is 11.1. The van der Waals surface area contributed by atoms with Gasteiger partial charge >= 0.3 is 0 Å². The summed E-state index contributed by atoms with van der Waals surface area (Å²) >= 11 is 0. The molecule has 0 aliphatic carbocycles. The normalized spacial score (nSPS) is 10.7. The SMILES string of the molecule is C=C(OC(=NC(C)C)c1cccc(F)c1)c1nc2ccccc2nc1C.CC.CCC. The van der Waals surface area contributed by atoms with Gasteiger partial charge in [0.2, 0.25) is 5.90 Å². The Morgan fingerprint density at radius 3 is 2.16 bits per heavy atom. The summed E-state index contributed by atoms with van der Waals surface area (Å²) in [6.07, 6.45) is 1.25. The molecule has 0 aliphatic heterocycles. The number of hydrogen-bond donors (Lipinski definition) is 0. The van der Waals surface area contributed by atoms with Gasteiger partial charge in [0.05, 0.1) is 16.7 Å². The number of benzene rings is 2. The third-order valence-corrected chi connectivity index (χ3v) is 3.68. The number of halogens is 1. The van der Waals surface area contributed by atoms with Gasteiger partial charge in [-0.1, -0.05) is 58.9 Å². The van der Waals surface area contributed by atoms with Crippen LogP contribution >= 0.6 is 0 Å². The van der Waals surface area contributed by atoms with Crippen molar-refractivity contribution >= 4 is 22.7 Å². The van der Waals surface area contributed by atoms with Gasteiger partial charge in [0.1, 0.15) is 17.3 Å². The summed E-state index contributed by atoms with van der Waals surface area (Å²) in [5.41, 5.74) is 3.37. The summed E-state index contributed by atoms with van der Waals surface area (Å²) in [5.74, 6) is 0.276. The number of rotatable bonds is 4. The first-order valence-corrected chi connectivity index (χ1v) is 10.8. The average Bonchev–Trinajstić information content (AvgIpc) is 2.74. The highest BCUT2D eigenvalue weighted by molar-refractivity contribution is 5.97. The van der Waals surface area contributed by atoms with Gasteiger partial charge in [0, 0.05) is 11.6 Å². The first-order valence-electron chi connectivity index (χ1n) is 10.8. The summed E-state index contributed by atoms with van der Waals surface area (Å²) in [5, 5.41) is 0. The molecule has 5 heteroatoms. The van der Waals surface area contributed by atoms with Crippen LogP contribution in [0.1, 0.15) is 64.9 Å². The first kappa shape index (κ1) is 26.0. The van der Waals surface area contributed by atoms with Crippen LogP contribution < -0.4 is 0 Å². The fraction of sp³-hybridized carbons (Fsp3) is 0.346. The molecule has 0 unspecified atom stereocenters. The number of aliphatic imine (C=N–C) groups is 1. The van der Waals surface area contributed by atoms with E-state index >= 15 is 0 Å². The Morgan fingerprint density at radius 1 is 1.03 bits per heavy atom. The van der Waals surface area contributed by atoms with Crippen molar-refractivity contribution in [2.75, 3.05) is 0 Å². The molecule has 3 rings (SSSR count).